The molecule has 1 aromatic carbocycles. The lowest BCUT2D eigenvalue weighted by Gasteiger charge is -2.21. The largest absolute Gasteiger partial charge is 0.353 e. The van der Waals surface area contributed by atoms with Crippen LogP contribution < -0.4 is 11.1 Å². The molecule has 1 rings (SSSR count). The number of carbonyl (C=O) groups excluding carboxylic acids is 1. The van der Waals surface area contributed by atoms with E-state index >= 15 is 0 Å². The normalized spacial score (nSPS) is 12.8. The summed E-state index contributed by atoms with van der Waals surface area (Å²) in [4.78, 5) is 14.0. The fraction of sp³-hybridized carbons (Fsp3) is 0.500. The van der Waals surface area contributed by atoms with Crippen molar-refractivity contribution in [2.45, 2.75) is 25.9 Å². The summed E-state index contributed by atoms with van der Waals surface area (Å²) in [7, 11) is 2.04. The molecule has 4 heteroatoms. The van der Waals surface area contributed by atoms with Gasteiger partial charge in [0.1, 0.15) is 6.04 Å². The number of carbonyl (C=O) groups is 1. The molecule has 1 atom stereocenters. The summed E-state index contributed by atoms with van der Waals surface area (Å²) in [5.74, 6) is -0.127. The maximum Gasteiger partial charge on any atom is 0.241 e. The van der Waals surface area contributed by atoms with Crippen LogP contribution in [0.1, 0.15) is 25.5 Å². The number of nitrogens with one attached hydrogen (secondary N) is 1. The number of benzene rings is 1. The smallest absolute Gasteiger partial charge is 0.241 e. The van der Waals surface area contributed by atoms with Gasteiger partial charge in [0.2, 0.25) is 5.91 Å². The van der Waals surface area contributed by atoms with Crippen LogP contribution in [-0.2, 0) is 4.79 Å². The zero-order valence-electron chi connectivity index (χ0n) is 11.4. The maximum absolute atomic E-state index is 11.8. The average Bonchev–Trinajstić information content (AvgIpc) is 2.38. The number of hydrogen-bond acceptors (Lipinski definition) is 3. The average molecular weight is 249 g/mol. The molecular weight excluding hydrogens is 226 g/mol. The lowest BCUT2D eigenvalue weighted by Crippen LogP contribution is -2.39. The molecule has 100 valence electrons. The topological polar surface area (TPSA) is 58.4 Å². The Labute approximate surface area is 109 Å². The van der Waals surface area contributed by atoms with Gasteiger partial charge in [-0.05, 0) is 26.5 Å². The van der Waals surface area contributed by atoms with Crippen LogP contribution in [0.3, 0.4) is 0 Å². The third-order valence-electron chi connectivity index (χ3n) is 3.09. The molecule has 0 aliphatic heterocycles. The van der Waals surface area contributed by atoms with E-state index < -0.39 is 6.04 Å². The van der Waals surface area contributed by atoms with Crippen molar-refractivity contribution < 1.29 is 4.79 Å². The first-order valence-corrected chi connectivity index (χ1v) is 6.31. The second-order valence-corrected chi connectivity index (χ2v) is 4.75. The minimum Gasteiger partial charge on any atom is -0.353 e. The molecule has 0 aromatic heterocycles. The van der Waals surface area contributed by atoms with Gasteiger partial charge >= 0.3 is 0 Å². The van der Waals surface area contributed by atoms with Crippen LogP contribution in [0.15, 0.2) is 30.3 Å². The lowest BCUT2D eigenvalue weighted by molar-refractivity contribution is -0.122. The van der Waals surface area contributed by atoms with E-state index in [1.54, 1.807) is 0 Å². The summed E-state index contributed by atoms with van der Waals surface area (Å²) in [6, 6.07) is 9.30. The van der Waals surface area contributed by atoms with E-state index in [2.05, 4.69) is 24.1 Å². The van der Waals surface area contributed by atoms with Crippen molar-refractivity contribution in [3.8, 4) is 0 Å². The molecule has 0 saturated carbocycles. The molecule has 0 fully saturated rings. The monoisotopic (exact) mass is 249 g/mol. The molecule has 0 bridgehead atoms. The van der Waals surface area contributed by atoms with Crippen molar-refractivity contribution >= 4 is 5.91 Å². The highest BCUT2D eigenvalue weighted by molar-refractivity contribution is 5.82. The van der Waals surface area contributed by atoms with Gasteiger partial charge in [-0.15, -0.1) is 0 Å². The molecule has 0 unspecified atom stereocenters. The van der Waals surface area contributed by atoms with Gasteiger partial charge in [0.25, 0.3) is 0 Å². The molecule has 0 saturated heterocycles. The number of hydrogen-bond donors (Lipinski definition) is 2. The molecule has 3 N–H and O–H groups in total. The quantitative estimate of drug-likeness (QED) is 0.795. The minimum absolute atomic E-state index is 0.127. The fourth-order valence-corrected chi connectivity index (χ4v) is 1.54. The van der Waals surface area contributed by atoms with E-state index in [-0.39, 0.29) is 5.91 Å². The van der Waals surface area contributed by atoms with Gasteiger partial charge in [0, 0.05) is 19.1 Å². The van der Waals surface area contributed by atoms with Crippen LogP contribution in [-0.4, -0.2) is 37.0 Å². The second-order valence-electron chi connectivity index (χ2n) is 4.75. The van der Waals surface area contributed by atoms with Crippen molar-refractivity contribution in [2.24, 2.45) is 5.73 Å². The van der Waals surface area contributed by atoms with Crippen LogP contribution in [0.25, 0.3) is 0 Å². The number of amides is 1. The van der Waals surface area contributed by atoms with Crippen LogP contribution in [0.2, 0.25) is 0 Å². The lowest BCUT2D eigenvalue weighted by atomic mass is 10.1. The van der Waals surface area contributed by atoms with Crippen LogP contribution in [0.4, 0.5) is 0 Å². The molecule has 1 aromatic rings. The zero-order chi connectivity index (χ0) is 13.5. The Hall–Kier alpha value is -1.39. The minimum atomic E-state index is -0.587. The summed E-state index contributed by atoms with van der Waals surface area (Å²) in [5, 5.41) is 2.86. The summed E-state index contributed by atoms with van der Waals surface area (Å²) in [6.45, 7) is 5.69. The Morgan fingerprint density at radius 2 is 1.94 bits per heavy atom. The van der Waals surface area contributed by atoms with Crippen molar-refractivity contribution in [3.05, 3.63) is 35.9 Å². The molecule has 0 spiro atoms. The van der Waals surface area contributed by atoms with Gasteiger partial charge in [-0.1, -0.05) is 30.3 Å². The van der Waals surface area contributed by atoms with Gasteiger partial charge in [-0.25, -0.2) is 0 Å². The Kier molecular flexibility index (Phi) is 5.82. The molecule has 18 heavy (non-hydrogen) atoms. The van der Waals surface area contributed by atoms with Crippen molar-refractivity contribution in [2.75, 3.05) is 20.1 Å². The van der Waals surface area contributed by atoms with Crippen molar-refractivity contribution in [1.82, 2.24) is 10.2 Å². The predicted octanol–water partition coefficient (Wildman–Crippen LogP) is 1.14. The molecule has 0 radical (unpaired) electrons. The van der Waals surface area contributed by atoms with Gasteiger partial charge in [-0.3, -0.25) is 4.79 Å². The van der Waals surface area contributed by atoms with Gasteiger partial charge in [-0.2, -0.15) is 0 Å². The molecule has 0 aliphatic carbocycles. The van der Waals surface area contributed by atoms with Crippen LogP contribution in [0.5, 0.6) is 0 Å². The molecule has 1 amide bonds. The Bertz CT molecular complexity index is 365. The molecule has 4 nitrogen and oxygen atoms in total. The van der Waals surface area contributed by atoms with E-state index in [9.17, 15) is 4.79 Å². The van der Waals surface area contributed by atoms with Gasteiger partial charge in [0.15, 0.2) is 0 Å². The third kappa shape index (κ3) is 4.47. The van der Waals surface area contributed by atoms with Crippen molar-refractivity contribution in [1.29, 1.82) is 0 Å². The summed E-state index contributed by atoms with van der Waals surface area (Å²) >= 11 is 0. The maximum atomic E-state index is 11.8. The highest BCUT2D eigenvalue weighted by Crippen LogP contribution is 2.08. The first kappa shape index (κ1) is 14.7. The third-order valence-corrected chi connectivity index (χ3v) is 3.09. The van der Waals surface area contributed by atoms with Gasteiger partial charge in [0.05, 0.1) is 0 Å². The number of likely N-dealkylation sites (N-methyl/N-ethyl adjacent to an activating group) is 1. The SMILES string of the molecule is CC(C)N(C)CCNC(=O)[C@H](N)c1ccccc1. The standard InChI is InChI=1S/C14H23N3O/c1-11(2)17(3)10-9-16-14(18)13(15)12-7-5-4-6-8-12/h4-8,11,13H,9-10,15H2,1-3H3,(H,16,18)/t13-/m1/s1. The highest BCUT2D eigenvalue weighted by Gasteiger charge is 2.14. The summed E-state index contributed by atoms with van der Waals surface area (Å²) in [6.07, 6.45) is 0. The fourth-order valence-electron chi connectivity index (χ4n) is 1.54. The Balaban J connectivity index is 2.37. The number of rotatable bonds is 6. The van der Waals surface area contributed by atoms with E-state index in [1.807, 2.05) is 37.4 Å². The summed E-state index contributed by atoms with van der Waals surface area (Å²) < 4.78 is 0. The highest BCUT2D eigenvalue weighted by atomic mass is 16.2. The first-order valence-electron chi connectivity index (χ1n) is 6.31. The van der Waals surface area contributed by atoms with Crippen LogP contribution in [0, 0.1) is 0 Å². The van der Waals surface area contributed by atoms with E-state index in [1.165, 1.54) is 0 Å². The van der Waals surface area contributed by atoms with E-state index in [0.717, 1.165) is 12.1 Å². The summed E-state index contributed by atoms with van der Waals surface area (Å²) in [5.41, 5.74) is 6.73. The first-order chi connectivity index (χ1) is 8.52. The van der Waals surface area contributed by atoms with Crippen LogP contribution >= 0.6 is 0 Å². The van der Waals surface area contributed by atoms with E-state index in [0.29, 0.717) is 12.6 Å². The van der Waals surface area contributed by atoms with Gasteiger partial charge < -0.3 is 16.0 Å². The second kappa shape index (κ2) is 7.13. The predicted molar refractivity (Wildman–Crippen MR) is 74.1 cm³/mol. The zero-order valence-corrected chi connectivity index (χ0v) is 11.4. The molecule has 0 heterocycles. The molecule has 0 aliphatic rings. The van der Waals surface area contributed by atoms with Crippen molar-refractivity contribution in [3.63, 3.8) is 0 Å². The molecular formula is C14H23N3O. The Morgan fingerprint density at radius 3 is 2.50 bits per heavy atom. The number of nitrogens with two attached hydrogens (primary N) is 1. The Morgan fingerprint density at radius 1 is 1.33 bits per heavy atom. The number of nitrogens with zero attached hydrogens (tertiary/aromatic N) is 1. The van der Waals surface area contributed by atoms with E-state index in [4.69, 9.17) is 5.73 Å².